The van der Waals surface area contributed by atoms with Gasteiger partial charge in [0.1, 0.15) is 18.3 Å². The fourth-order valence-electron chi connectivity index (χ4n) is 5.25. The molecule has 0 unspecified atom stereocenters. The van der Waals surface area contributed by atoms with Crippen molar-refractivity contribution in [1.29, 1.82) is 0 Å². The van der Waals surface area contributed by atoms with E-state index in [0.717, 1.165) is 19.4 Å². The van der Waals surface area contributed by atoms with Crippen molar-refractivity contribution >= 4 is 22.8 Å². The minimum atomic E-state index is -2.72. The summed E-state index contributed by atoms with van der Waals surface area (Å²) in [7, 11) is 0. The zero-order valence-corrected chi connectivity index (χ0v) is 22.6. The van der Waals surface area contributed by atoms with E-state index in [-0.39, 0.29) is 18.4 Å². The summed E-state index contributed by atoms with van der Waals surface area (Å²) in [6.45, 7) is 2.78. The number of imidazole rings is 1. The Hall–Kier alpha value is -2.99. The van der Waals surface area contributed by atoms with Crippen LogP contribution in [-0.4, -0.2) is 76.8 Å². The number of benzene rings is 1. The molecule has 1 N–H and O–H groups in total. The normalized spacial score (nSPS) is 18.3. The van der Waals surface area contributed by atoms with Crippen LogP contribution in [0.5, 0.6) is 0 Å². The van der Waals surface area contributed by atoms with Crippen molar-refractivity contribution in [3.05, 3.63) is 36.2 Å². The van der Waals surface area contributed by atoms with E-state index in [9.17, 15) is 17.7 Å². The van der Waals surface area contributed by atoms with Gasteiger partial charge in [-0.25, -0.2) is 18.2 Å². The molecule has 3 fully saturated rings. The highest BCUT2D eigenvalue weighted by Crippen LogP contribution is 2.30. The molecule has 40 heavy (non-hydrogen) atoms. The number of hydrogen-bond donors (Lipinski definition) is 1. The standard InChI is InChI=1S/C23H28F2N6O.C5H9F2N/c24-21(25)22-27-17-8-4-5-9-18(17)31(22)20-14-19(30-10-12-32-13-11-30)28-23(29-20)26-15-16-6-2-1-3-7-16;6-3-4-8(7)5-1-2-5/h4-5,8-9,14,16,21H,1-3,6-7,10-13,15H2,(H,26,28,29);5H,1-4H2. The third-order valence-electron chi connectivity index (χ3n) is 7.56. The van der Waals surface area contributed by atoms with Gasteiger partial charge in [-0.05, 0) is 43.7 Å². The summed E-state index contributed by atoms with van der Waals surface area (Å²) in [5, 5.41) is 3.97. The van der Waals surface area contributed by atoms with Gasteiger partial charge in [-0.15, -0.1) is 9.60 Å². The third-order valence-corrected chi connectivity index (χ3v) is 7.56. The molecule has 0 radical (unpaired) electrons. The molecule has 1 aromatic carbocycles. The van der Waals surface area contributed by atoms with Crippen molar-refractivity contribution in [2.24, 2.45) is 5.92 Å². The van der Waals surface area contributed by atoms with Crippen LogP contribution in [0.1, 0.15) is 57.2 Å². The number of nitrogens with one attached hydrogen (secondary N) is 1. The van der Waals surface area contributed by atoms with Crippen molar-refractivity contribution in [2.45, 2.75) is 57.4 Å². The molecule has 218 valence electrons. The molecule has 6 rings (SSSR count). The van der Waals surface area contributed by atoms with Crippen molar-refractivity contribution in [1.82, 2.24) is 24.6 Å². The number of fused-ring (bicyclic) bond motifs is 1. The first-order valence-corrected chi connectivity index (χ1v) is 14.2. The Morgan fingerprint density at radius 2 is 1.70 bits per heavy atom. The Morgan fingerprint density at radius 1 is 0.975 bits per heavy atom. The number of para-hydroxylation sites is 2. The zero-order valence-electron chi connectivity index (χ0n) is 22.6. The SMILES string of the molecule is FC(F)c1nc2ccccc2n1-c1cc(N2CCOCC2)nc(NCC2CCCCC2)n1.FCCN(F)C1CC1. The maximum atomic E-state index is 13.9. The van der Waals surface area contributed by atoms with E-state index in [1.54, 1.807) is 24.3 Å². The lowest BCUT2D eigenvalue weighted by atomic mass is 9.89. The molecule has 1 saturated heterocycles. The van der Waals surface area contributed by atoms with Crippen molar-refractivity contribution in [3.63, 3.8) is 0 Å². The van der Waals surface area contributed by atoms with Gasteiger partial charge in [0.2, 0.25) is 5.95 Å². The Bertz CT molecular complexity index is 1230. The maximum absolute atomic E-state index is 13.9. The highest BCUT2D eigenvalue weighted by atomic mass is 19.3. The molecule has 0 atom stereocenters. The molecule has 3 heterocycles. The molecule has 8 nitrogen and oxygen atoms in total. The number of halogens is 4. The quantitative estimate of drug-likeness (QED) is 0.257. The molecule has 2 aromatic heterocycles. The lowest BCUT2D eigenvalue weighted by Crippen LogP contribution is -2.37. The number of ether oxygens (including phenoxy) is 1. The minimum Gasteiger partial charge on any atom is -0.378 e. The van der Waals surface area contributed by atoms with E-state index in [0.29, 0.717) is 66.0 Å². The second-order valence-electron chi connectivity index (χ2n) is 10.5. The molecule has 3 aromatic rings. The second-order valence-corrected chi connectivity index (χ2v) is 10.5. The molecule has 3 aliphatic rings. The Labute approximate surface area is 231 Å². The molecule has 2 saturated carbocycles. The smallest absolute Gasteiger partial charge is 0.296 e. The predicted octanol–water partition coefficient (Wildman–Crippen LogP) is 5.89. The molecule has 2 aliphatic carbocycles. The van der Waals surface area contributed by atoms with Gasteiger partial charge in [-0.2, -0.15) is 9.97 Å². The Balaban J connectivity index is 0.000000348. The van der Waals surface area contributed by atoms with Crippen molar-refractivity contribution < 1.29 is 22.4 Å². The van der Waals surface area contributed by atoms with Crippen LogP contribution in [0.2, 0.25) is 0 Å². The minimum absolute atomic E-state index is 0.0470. The van der Waals surface area contributed by atoms with Crippen molar-refractivity contribution in [2.75, 3.05) is 56.3 Å². The van der Waals surface area contributed by atoms with Gasteiger partial charge in [0.05, 0.1) is 30.8 Å². The third kappa shape index (κ3) is 7.20. The molecule has 0 amide bonds. The van der Waals surface area contributed by atoms with Crippen LogP contribution >= 0.6 is 0 Å². The monoisotopic (exact) mass is 563 g/mol. The number of hydrogen-bond acceptors (Lipinski definition) is 7. The fourth-order valence-corrected chi connectivity index (χ4v) is 5.25. The highest BCUT2D eigenvalue weighted by molar-refractivity contribution is 5.78. The van der Waals surface area contributed by atoms with Crippen LogP contribution in [0.15, 0.2) is 30.3 Å². The second kappa shape index (κ2) is 13.6. The summed E-state index contributed by atoms with van der Waals surface area (Å²) < 4.78 is 58.3. The summed E-state index contributed by atoms with van der Waals surface area (Å²) in [5.41, 5.74) is 1.12. The number of anilines is 2. The van der Waals surface area contributed by atoms with Gasteiger partial charge in [0, 0.05) is 31.7 Å². The van der Waals surface area contributed by atoms with Gasteiger partial charge < -0.3 is 15.0 Å². The summed E-state index contributed by atoms with van der Waals surface area (Å²) >= 11 is 0. The molecule has 12 heteroatoms. The highest BCUT2D eigenvalue weighted by Gasteiger charge is 2.28. The summed E-state index contributed by atoms with van der Waals surface area (Å²) in [6, 6.07) is 8.97. The van der Waals surface area contributed by atoms with Gasteiger partial charge in [0.25, 0.3) is 6.43 Å². The topological polar surface area (TPSA) is 71.3 Å². The van der Waals surface area contributed by atoms with Crippen LogP contribution in [-0.2, 0) is 4.74 Å². The van der Waals surface area contributed by atoms with E-state index < -0.39 is 13.1 Å². The lowest BCUT2D eigenvalue weighted by molar-refractivity contribution is 0.00991. The number of morpholine rings is 1. The summed E-state index contributed by atoms with van der Waals surface area (Å²) in [5.74, 6) is 1.86. The molecule has 0 bridgehead atoms. The van der Waals surface area contributed by atoms with Gasteiger partial charge >= 0.3 is 0 Å². The van der Waals surface area contributed by atoms with Gasteiger partial charge in [0.15, 0.2) is 5.82 Å². The van der Waals surface area contributed by atoms with Gasteiger partial charge in [-0.1, -0.05) is 31.4 Å². The van der Waals surface area contributed by atoms with E-state index in [1.807, 2.05) is 6.07 Å². The average Bonchev–Trinajstić information content (AvgIpc) is 3.77. The van der Waals surface area contributed by atoms with E-state index in [1.165, 1.54) is 36.7 Å². The summed E-state index contributed by atoms with van der Waals surface area (Å²) in [4.78, 5) is 15.7. The van der Waals surface area contributed by atoms with E-state index >= 15 is 0 Å². The average molecular weight is 564 g/mol. The van der Waals surface area contributed by atoms with Gasteiger partial charge in [-0.3, -0.25) is 4.57 Å². The first kappa shape index (κ1) is 28.5. The van der Waals surface area contributed by atoms with Crippen LogP contribution in [0, 0.1) is 5.92 Å². The van der Waals surface area contributed by atoms with E-state index in [2.05, 4.69) is 20.2 Å². The largest absolute Gasteiger partial charge is 0.378 e. The first-order valence-electron chi connectivity index (χ1n) is 14.2. The number of aromatic nitrogens is 4. The summed E-state index contributed by atoms with van der Waals surface area (Å²) in [6.07, 6.45) is 5.29. The molecule has 1 aliphatic heterocycles. The zero-order chi connectivity index (χ0) is 27.9. The Morgan fingerprint density at radius 3 is 2.40 bits per heavy atom. The van der Waals surface area contributed by atoms with Crippen LogP contribution < -0.4 is 10.2 Å². The molecule has 0 spiro atoms. The number of rotatable bonds is 9. The molecular weight excluding hydrogens is 526 g/mol. The van der Waals surface area contributed by atoms with E-state index in [4.69, 9.17) is 9.72 Å². The van der Waals surface area contributed by atoms with Crippen LogP contribution in [0.25, 0.3) is 16.9 Å². The fraction of sp³-hybridized carbons (Fsp3) is 0.607. The Kier molecular flexibility index (Phi) is 9.69. The maximum Gasteiger partial charge on any atom is 0.296 e. The number of nitrogens with zero attached hydrogens (tertiary/aromatic N) is 6. The first-order chi connectivity index (χ1) is 19.5. The van der Waals surface area contributed by atoms with Crippen LogP contribution in [0.4, 0.5) is 29.4 Å². The predicted molar refractivity (Wildman–Crippen MR) is 147 cm³/mol. The number of alkyl halides is 3. The lowest BCUT2D eigenvalue weighted by Gasteiger charge is -2.28. The molecular formula is C28H37F4N7O. The van der Waals surface area contributed by atoms with Crippen LogP contribution in [0.3, 0.4) is 0 Å². The van der Waals surface area contributed by atoms with Crippen molar-refractivity contribution in [3.8, 4) is 5.82 Å².